The first-order valence-electron chi connectivity index (χ1n) is 11.3. The zero-order chi connectivity index (χ0) is 24.9. The quantitative estimate of drug-likeness (QED) is 0.450. The van der Waals surface area contributed by atoms with Crippen molar-refractivity contribution >= 4 is 39.9 Å². The van der Waals surface area contributed by atoms with Crippen LogP contribution in [0.15, 0.2) is 76.5 Å². The summed E-state index contributed by atoms with van der Waals surface area (Å²) in [6, 6.07) is 19.1. The topological polar surface area (TPSA) is 81.8 Å². The number of fused-ring (bicyclic) bond motifs is 2. The van der Waals surface area contributed by atoms with E-state index in [0.29, 0.717) is 44.7 Å². The molecule has 0 fully saturated rings. The monoisotopic (exact) mass is 510 g/mol. The Balaban J connectivity index is 1.66. The van der Waals surface area contributed by atoms with Gasteiger partial charge >= 0.3 is 0 Å². The summed E-state index contributed by atoms with van der Waals surface area (Å²) in [5.41, 5.74) is 5.21. The predicted molar refractivity (Wildman–Crippen MR) is 138 cm³/mol. The van der Waals surface area contributed by atoms with Crippen LogP contribution in [0.2, 0.25) is 5.02 Å². The van der Waals surface area contributed by atoms with Crippen LogP contribution in [0.3, 0.4) is 0 Å². The number of nitrogens with one attached hydrogen (secondary N) is 2. The Morgan fingerprint density at radius 3 is 2.51 bits per heavy atom. The maximum Gasteiger partial charge on any atom is 0.273 e. The number of benzene rings is 3. The second kappa shape index (κ2) is 11.1. The van der Waals surface area contributed by atoms with Crippen LogP contribution >= 0.6 is 11.6 Å². The zero-order valence-electron chi connectivity index (χ0n) is 19.6. The van der Waals surface area contributed by atoms with E-state index < -0.39 is 10.8 Å². The van der Waals surface area contributed by atoms with Gasteiger partial charge in [-0.15, -0.1) is 0 Å². The van der Waals surface area contributed by atoms with E-state index in [1.54, 1.807) is 54.6 Å². The highest BCUT2D eigenvalue weighted by Crippen LogP contribution is 2.34. The van der Waals surface area contributed by atoms with Crippen molar-refractivity contribution in [1.29, 1.82) is 0 Å². The van der Waals surface area contributed by atoms with E-state index >= 15 is 0 Å². The molecule has 1 heterocycles. The first-order chi connectivity index (χ1) is 16.8. The van der Waals surface area contributed by atoms with Gasteiger partial charge in [-0.05, 0) is 75.1 Å². The van der Waals surface area contributed by atoms with Crippen molar-refractivity contribution in [2.75, 3.05) is 32.2 Å². The first kappa shape index (κ1) is 25.1. The second-order valence-corrected chi connectivity index (χ2v) is 10.3. The van der Waals surface area contributed by atoms with Gasteiger partial charge in [0.25, 0.3) is 11.8 Å². The Morgan fingerprint density at radius 1 is 1.03 bits per heavy atom. The Bertz CT molecular complexity index is 1260. The van der Waals surface area contributed by atoms with Crippen LogP contribution in [-0.4, -0.2) is 48.1 Å². The van der Waals surface area contributed by atoms with Crippen molar-refractivity contribution in [3.8, 4) is 0 Å². The Morgan fingerprint density at radius 2 is 1.77 bits per heavy atom. The van der Waals surface area contributed by atoms with Gasteiger partial charge in [-0.1, -0.05) is 35.9 Å². The predicted octanol–water partition coefficient (Wildman–Crippen LogP) is 3.85. The molecule has 0 radical (unpaired) electrons. The molecule has 3 aromatic rings. The molecule has 35 heavy (non-hydrogen) atoms. The summed E-state index contributed by atoms with van der Waals surface area (Å²) >= 11 is 5.99. The molecule has 182 valence electrons. The second-order valence-electron chi connectivity index (χ2n) is 8.46. The van der Waals surface area contributed by atoms with Crippen molar-refractivity contribution in [3.63, 3.8) is 0 Å². The summed E-state index contributed by atoms with van der Waals surface area (Å²) in [4.78, 5) is 29.4. The molecule has 0 aliphatic carbocycles. The van der Waals surface area contributed by atoms with Gasteiger partial charge in [-0.2, -0.15) is 0 Å². The minimum Gasteiger partial charge on any atom is -0.352 e. The molecule has 0 saturated carbocycles. The van der Waals surface area contributed by atoms with E-state index in [4.69, 9.17) is 11.6 Å². The van der Waals surface area contributed by atoms with Gasteiger partial charge in [0, 0.05) is 23.7 Å². The van der Waals surface area contributed by atoms with Gasteiger partial charge in [0.15, 0.2) is 0 Å². The third-order valence-corrected chi connectivity index (χ3v) is 7.36. The van der Waals surface area contributed by atoms with E-state index in [1.807, 2.05) is 26.2 Å². The molecule has 3 aromatic carbocycles. The van der Waals surface area contributed by atoms with Gasteiger partial charge in [-0.3, -0.25) is 9.59 Å². The van der Waals surface area contributed by atoms with Gasteiger partial charge in [0.1, 0.15) is 0 Å². The third kappa shape index (κ3) is 5.79. The molecule has 0 bridgehead atoms. The van der Waals surface area contributed by atoms with Crippen LogP contribution in [0.5, 0.6) is 0 Å². The standard InChI is InChI=1S/C26H27ClN4O3S/c1-30(2)15-5-14-28-25(32)19-10-13-24-22(16-19)31(29-17-18-8-11-20(27)12-9-18)26(33)21-6-3-4-7-23(21)35(24)34/h3-4,6-13,16,29H,5,14-15,17H2,1-2H3,(H,28,32). The molecule has 0 spiro atoms. The summed E-state index contributed by atoms with van der Waals surface area (Å²) in [5.74, 6) is -0.589. The molecule has 1 unspecified atom stereocenters. The number of hydrogen-bond acceptors (Lipinski definition) is 5. The van der Waals surface area contributed by atoms with Crippen molar-refractivity contribution in [3.05, 3.63) is 88.4 Å². The molecule has 1 aliphatic heterocycles. The summed E-state index contributed by atoms with van der Waals surface area (Å²) in [6.45, 7) is 1.72. The Hall–Kier alpha value is -3.04. The zero-order valence-corrected chi connectivity index (χ0v) is 21.2. The number of rotatable bonds is 8. The van der Waals surface area contributed by atoms with Crippen molar-refractivity contribution in [2.45, 2.75) is 22.8 Å². The van der Waals surface area contributed by atoms with Crippen LogP contribution in [0.25, 0.3) is 0 Å². The van der Waals surface area contributed by atoms with Crippen molar-refractivity contribution in [2.24, 2.45) is 0 Å². The number of halogens is 1. The lowest BCUT2D eigenvalue weighted by atomic mass is 10.1. The lowest BCUT2D eigenvalue weighted by Crippen LogP contribution is -2.43. The molecule has 4 rings (SSSR count). The maximum atomic E-state index is 13.6. The number of hydrazine groups is 1. The summed E-state index contributed by atoms with van der Waals surface area (Å²) in [7, 11) is 2.37. The average Bonchev–Trinajstić information content (AvgIpc) is 2.94. The van der Waals surface area contributed by atoms with E-state index in [1.165, 1.54) is 5.01 Å². The van der Waals surface area contributed by atoms with Gasteiger partial charge in [0.05, 0.1) is 31.8 Å². The van der Waals surface area contributed by atoms with Crippen LogP contribution in [0.1, 0.15) is 32.7 Å². The molecule has 9 heteroatoms. The maximum absolute atomic E-state index is 13.6. The van der Waals surface area contributed by atoms with Crippen molar-refractivity contribution in [1.82, 2.24) is 15.6 Å². The van der Waals surface area contributed by atoms with Crippen LogP contribution < -0.4 is 15.8 Å². The molecule has 1 aliphatic rings. The summed E-state index contributed by atoms with van der Waals surface area (Å²) in [6.07, 6.45) is 0.816. The highest BCUT2D eigenvalue weighted by atomic mass is 35.5. The minimum absolute atomic E-state index is 0.246. The Kier molecular flexibility index (Phi) is 7.97. The van der Waals surface area contributed by atoms with Crippen LogP contribution in [0.4, 0.5) is 5.69 Å². The average molecular weight is 511 g/mol. The number of carbonyl (C=O) groups excluding carboxylic acids is 2. The summed E-state index contributed by atoms with van der Waals surface area (Å²) < 4.78 is 13.5. The number of carbonyl (C=O) groups is 2. The highest BCUT2D eigenvalue weighted by Gasteiger charge is 2.31. The molecular formula is C26H27ClN4O3S. The molecule has 2 amide bonds. The largest absolute Gasteiger partial charge is 0.352 e. The fourth-order valence-electron chi connectivity index (χ4n) is 3.77. The highest BCUT2D eigenvalue weighted by molar-refractivity contribution is 7.85. The number of amides is 2. The Labute approximate surface area is 212 Å². The lowest BCUT2D eigenvalue weighted by Gasteiger charge is -2.24. The fraction of sp³-hybridized carbons (Fsp3) is 0.231. The number of anilines is 1. The SMILES string of the molecule is CN(C)CCCNC(=O)c1ccc2c(c1)N(NCc1ccc(Cl)cc1)C(=O)c1ccccc1S2=O. The lowest BCUT2D eigenvalue weighted by molar-refractivity contribution is 0.0947. The molecule has 2 N–H and O–H groups in total. The van der Waals surface area contributed by atoms with E-state index in [0.717, 1.165) is 18.5 Å². The summed E-state index contributed by atoms with van der Waals surface area (Å²) in [5, 5.41) is 4.92. The minimum atomic E-state index is -1.59. The van der Waals surface area contributed by atoms with E-state index in [2.05, 4.69) is 15.6 Å². The van der Waals surface area contributed by atoms with Gasteiger partial charge in [0.2, 0.25) is 0 Å². The molecule has 0 saturated heterocycles. The van der Waals surface area contributed by atoms with E-state index in [9.17, 15) is 13.8 Å². The molecule has 0 aromatic heterocycles. The molecule has 7 nitrogen and oxygen atoms in total. The molecular weight excluding hydrogens is 484 g/mol. The molecule has 1 atom stereocenters. The fourth-order valence-corrected chi connectivity index (χ4v) is 5.22. The van der Waals surface area contributed by atoms with E-state index in [-0.39, 0.29) is 11.8 Å². The number of hydrogen-bond donors (Lipinski definition) is 2. The third-order valence-electron chi connectivity index (χ3n) is 5.60. The van der Waals surface area contributed by atoms with Crippen molar-refractivity contribution < 1.29 is 13.8 Å². The normalized spacial score (nSPS) is 14.9. The van der Waals surface area contributed by atoms with Gasteiger partial charge < -0.3 is 10.2 Å². The van der Waals surface area contributed by atoms with Gasteiger partial charge in [-0.25, -0.2) is 14.6 Å². The van der Waals surface area contributed by atoms with Crippen LogP contribution in [-0.2, 0) is 17.3 Å². The smallest absolute Gasteiger partial charge is 0.273 e. The number of nitrogens with zero attached hydrogens (tertiary/aromatic N) is 2. The first-order valence-corrected chi connectivity index (χ1v) is 12.8. The van der Waals surface area contributed by atoms with Crippen LogP contribution in [0, 0.1) is 0 Å².